The van der Waals surface area contributed by atoms with Gasteiger partial charge in [-0.15, -0.1) is 0 Å². The lowest BCUT2D eigenvalue weighted by Crippen LogP contribution is -2.00. The topological polar surface area (TPSA) is 18.5 Å². The van der Waals surface area contributed by atoms with Gasteiger partial charge in [0.05, 0.1) is 11.6 Å². The van der Waals surface area contributed by atoms with E-state index in [-0.39, 0.29) is 0 Å². The Bertz CT molecular complexity index is 597. The van der Waals surface area contributed by atoms with E-state index in [4.69, 9.17) is 9.47 Å². The Hall–Kier alpha value is -1.48. The third-order valence-corrected chi connectivity index (χ3v) is 3.82. The van der Waals surface area contributed by atoms with E-state index in [9.17, 15) is 0 Å². The quantitative estimate of drug-likeness (QED) is 0.786. The van der Waals surface area contributed by atoms with Gasteiger partial charge in [0, 0.05) is 0 Å². The summed E-state index contributed by atoms with van der Waals surface area (Å²) in [6.07, 6.45) is 0. The summed E-state index contributed by atoms with van der Waals surface area (Å²) in [4.78, 5) is 0. The van der Waals surface area contributed by atoms with Crippen molar-refractivity contribution in [3.63, 3.8) is 0 Å². The molecule has 2 aromatic carbocycles. The van der Waals surface area contributed by atoms with Gasteiger partial charge in [-0.3, -0.25) is 0 Å². The molecule has 0 unspecified atom stereocenters. The van der Waals surface area contributed by atoms with Gasteiger partial charge in [0.25, 0.3) is 0 Å². The second-order valence-electron chi connectivity index (χ2n) is 4.99. The minimum atomic E-state index is 0.549. The first kappa shape index (κ1) is 14.9. The summed E-state index contributed by atoms with van der Waals surface area (Å²) in [7, 11) is 1.66. The number of aryl methyl sites for hydroxylation is 3. The van der Waals surface area contributed by atoms with Crippen LogP contribution in [-0.2, 0) is 6.61 Å². The second kappa shape index (κ2) is 6.31. The van der Waals surface area contributed by atoms with Crippen LogP contribution in [0.3, 0.4) is 0 Å². The molecule has 0 aliphatic carbocycles. The highest BCUT2D eigenvalue weighted by atomic mass is 79.9. The number of methoxy groups -OCH3 is 1. The van der Waals surface area contributed by atoms with Crippen molar-refractivity contribution in [2.75, 3.05) is 7.11 Å². The lowest BCUT2D eigenvalue weighted by atomic mass is 10.1. The van der Waals surface area contributed by atoms with Gasteiger partial charge in [-0.05, 0) is 65.5 Å². The van der Waals surface area contributed by atoms with E-state index in [1.54, 1.807) is 7.11 Å². The third-order valence-electron chi connectivity index (χ3n) is 3.20. The zero-order valence-corrected chi connectivity index (χ0v) is 13.9. The van der Waals surface area contributed by atoms with Crippen LogP contribution in [0.1, 0.15) is 22.3 Å². The smallest absolute Gasteiger partial charge is 0.133 e. The average Bonchev–Trinajstić information content (AvgIpc) is 2.37. The van der Waals surface area contributed by atoms with E-state index in [1.165, 1.54) is 16.7 Å². The number of halogens is 1. The van der Waals surface area contributed by atoms with Crippen molar-refractivity contribution in [1.82, 2.24) is 0 Å². The van der Waals surface area contributed by atoms with Gasteiger partial charge in [-0.1, -0.05) is 23.8 Å². The predicted octanol–water partition coefficient (Wildman–Crippen LogP) is 4.96. The molecule has 0 radical (unpaired) electrons. The van der Waals surface area contributed by atoms with Crippen molar-refractivity contribution in [3.05, 3.63) is 57.1 Å². The molecule has 0 spiro atoms. The van der Waals surface area contributed by atoms with Crippen molar-refractivity contribution < 1.29 is 9.47 Å². The fraction of sp³-hybridized carbons (Fsp3) is 0.294. The fourth-order valence-electron chi connectivity index (χ4n) is 2.35. The molecular weight excluding hydrogens is 316 g/mol. The van der Waals surface area contributed by atoms with Crippen LogP contribution in [0.2, 0.25) is 0 Å². The molecule has 2 aromatic rings. The number of rotatable bonds is 4. The molecule has 20 heavy (non-hydrogen) atoms. The molecular formula is C17H19BrO2. The number of hydrogen-bond acceptors (Lipinski definition) is 2. The maximum atomic E-state index is 5.98. The summed E-state index contributed by atoms with van der Waals surface area (Å²) in [5.41, 5.74) is 4.72. The van der Waals surface area contributed by atoms with Gasteiger partial charge in [0.2, 0.25) is 0 Å². The number of benzene rings is 2. The van der Waals surface area contributed by atoms with E-state index >= 15 is 0 Å². The maximum Gasteiger partial charge on any atom is 0.133 e. The molecule has 0 amide bonds. The van der Waals surface area contributed by atoms with Gasteiger partial charge in [0.15, 0.2) is 0 Å². The predicted molar refractivity (Wildman–Crippen MR) is 85.7 cm³/mol. The monoisotopic (exact) mass is 334 g/mol. The van der Waals surface area contributed by atoms with Crippen LogP contribution >= 0.6 is 15.9 Å². The van der Waals surface area contributed by atoms with Crippen molar-refractivity contribution in [3.8, 4) is 11.5 Å². The minimum absolute atomic E-state index is 0.549. The van der Waals surface area contributed by atoms with E-state index in [2.05, 4.69) is 48.8 Å². The summed E-state index contributed by atoms with van der Waals surface area (Å²) in [5.74, 6) is 1.80. The van der Waals surface area contributed by atoms with Crippen LogP contribution in [-0.4, -0.2) is 7.11 Å². The van der Waals surface area contributed by atoms with E-state index in [1.807, 2.05) is 18.2 Å². The number of hydrogen-bond donors (Lipinski definition) is 0. The van der Waals surface area contributed by atoms with Crippen molar-refractivity contribution in [2.24, 2.45) is 0 Å². The molecule has 0 bridgehead atoms. The van der Waals surface area contributed by atoms with Crippen molar-refractivity contribution in [1.29, 1.82) is 0 Å². The molecule has 0 N–H and O–H groups in total. The highest BCUT2D eigenvalue weighted by Gasteiger charge is 2.07. The first-order chi connectivity index (χ1) is 9.51. The fourth-order valence-corrected chi connectivity index (χ4v) is 2.94. The van der Waals surface area contributed by atoms with E-state index in [0.29, 0.717) is 6.61 Å². The summed E-state index contributed by atoms with van der Waals surface area (Å²) >= 11 is 3.49. The largest absolute Gasteiger partial charge is 0.496 e. The lowest BCUT2D eigenvalue weighted by molar-refractivity contribution is 0.301. The van der Waals surface area contributed by atoms with Crippen molar-refractivity contribution >= 4 is 15.9 Å². The van der Waals surface area contributed by atoms with Crippen LogP contribution in [0.4, 0.5) is 0 Å². The summed E-state index contributed by atoms with van der Waals surface area (Å²) in [5, 5.41) is 0. The zero-order chi connectivity index (χ0) is 14.7. The van der Waals surface area contributed by atoms with Gasteiger partial charge < -0.3 is 9.47 Å². The van der Waals surface area contributed by atoms with Gasteiger partial charge in [-0.25, -0.2) is 0 Å². The Morgan fingerprint density at radius 3 is 2.20 bits per heavy atom. The summed E-state index contributed by atoms with van der Waals surface area (Å²) in [6.45, 7) is 6.82. The Morgan fingerprint density at radius 1 is 1.00 bits per heavy atom. The zero-order valence-electron chi connectivity index (χ0n) is 12.3. The van der Waals surface area contributed by atoms with Crippen LogP contribution in [0, 0.1) is 20.8 Å². The average molecular weight is 335 g/mol. The molecule has 0 heterocycles. The molecule has 3 heteroatoms. The molecule has 2 rings (SSSR count). The molecule has 0 fully saturated rings. The van der Waals surface area contributed by atoms with Crippen LogP contribution < -0.4 is 9.47 Å². The molecule has 0 saturated heterocycles. The van der Waals surface area contributed by atoms with E-state index in [0.717, 1.165) is 21.5 Å². The van der Waals surface area contributed by atoms with Crippen LogP contribution in [0.5, 0.6) is 11.5 Å². The van der Waals surface area contributed by atoms with E-state index < -0.39 is 0 Å². The lowest BCUT2D eigenvalue weighted by Gasteiger charge is -2.14. The summed E-state index contributed by atoms with van der Waals surface area (Å²) < 4.78 is 12.1. The molecule has 0 aliphatic rings. The van der Waals surface area contributed by atoms with Gasteiger partial charge in [0.1, 0.15) is 18.1 Å². The van der Waals surface area contributed by atoms with Crippen LogP contribution in [0.15, 0.2) is 34.8 Å². The molecule has 106 valence electrons. The normalized spacial score (nSPS) is 10.4. The second-order valence-corrected chi connectivity index (χ2v) is 5.84. The van der Waals surface area contributed by atoms with Crippen LogP contribution in [0.25, 0.3) is 0 Å². The highest BCUT2D eigenvalue weighted by molar-refractivity contribution is 9.10. The van der Waals surface area contributed by atoms with Gasteiger partial charge >= 0.3 is 0 Å². The first-order valence-corrected chi connectivity index (χ1v) is 7.33. The standard InChI is InChI=1S/C17H19BrO2/c1-11-7-12(2)17(13(3)8-11)20-10-14-5-6-16(19-4)15(18)9-14/h5-9H,10H2,1-4H3. The van der Waals surface area contributed by atoms with Crippen molar-refractivity contribution in [2.45, 2.75) is 27.4 Å². The first-order valence-electron chi connectivity index (χ1n) is 6.54. The maximum absolute atomic E-state index is 5.98. The molecule has 0 saturated carbocycles. The Labute approximate surface area is 128 Å². The molecule has 0 aliphatic heterocycles. The Balaban J connectivity index is 2.15. The Morgan fingerprint density at radius 2 is 1.65 bits per heavy atom. The molecule has 0 atom stereocenters. The number of ether oxygens (including phenoxy) is 2. The Kier molecular flexibility index (Phi) is 4.71. The SMILES string of the molecule is COc1ccc(COc2c(C)cc(C)cc2C)cc1Br. The minimum Gasteiger partial charge on any atom is -0.496 e. The summed E-state index contributed by atoms with van der Waals surface area (Å²) in [6, 6.07) is 10.3. The third kappa shape index (κ3) is 3.34. The highest BCUT2D eigenvalue weighted by Crippen LogP contribution is 2.28. The van der Waals surface area contributed by atoms with Gasteiger partial charge in [-0.2, -0.15) is 0 Å². The molecule has 0 aromatic heterocycles. The molecule has 2 nitrogen and oxygen atoms in total.